The first-order valence-electron chi connectivity index (χ1n) is 5.81. The van der Waals surface area contributed by atoms with Gasteiger partial charge in [-0.3, -0.25) is 4.79 Å². The Hall–Kier alpha value is -1.95. The van der Waals surface area contributed by atoms with Crippen LogP contribution < -0.4 is 5.56 Å². The van der Waals surface area contributed by atoms with Crippen molar-refractivity contribution in [1.29, 1.82) is 0 Å². The standard InChI is InChI=1S/C13H11BrN4O/c1-8-11(6-9-3-2-4-10(14)5-9)12(19)18-13(17-8)15-7-16-18/h2-5,7H,6H2,1H3,(H,15,16,17). The number of aromatic amines is 1. The second-order valence-electron chi connectivity index (χ2n) is 4.34. The van der Waals surface area contributed by atoms with Gasteiger partial charge in [0.05, 0.1) is 0 Å². The molecule has 1 aromatic carbocycles. The molecule has 2 aromatic heterocycles. The Labute approximate surface area is 117 Å². The Kier molecular flexibility index (Phi) is 2.94. The van der Waals surface area contributed by atoms with Crippen molar-refractivity contribution in [3.63, 3.8) is 0 Å². The Balaban J connectivity index is 2.12. The monoisotopic (exact) mass is 318 g/mol. The predicted octanol–water partition coefficient (Wildman–Crippen LogP) is 2.08. The van der Waals surface area contributed by atoms with E-state index in [-0.39, 0.29) is 5.56 Å². The SMILES string of the molecule is Cc1[nH]c2ncnn2c(=O)c1Cc1cccc(Br)c1. The number of hydrogen-bond acceptors (Lipinski definition) is 3. The molecule has 0 bridgehead atoms. The first-order valence-corrected chi connectivity index (χ1v) is 6.60. The fourth-order valence-electron chi connectivity index (χ4n) is 2.07. The van der Waals surface area contributed by atoms with Crippen LogP contribution >= 0.6 is 15.9 Å². The second-order valence-corrected chi connectivity index (χ2v) is 5.25. The zero-order valence-corrected chi connectivity index (χ0v) is 11.8. The summed E-state index contributed by atoms with van der Waals surface area (Å²) in [6.45, 7) is 1.88. The van der Waals surface area contributed by atoms with Gasteiger partial charge in [0, 0.05) is 22.2 Å². The van der Waals surface area contributed by atoms with E-state index in [1.807, 2.05) is 31.2 Å². The average Bonchev–Trinajstić information content (AvgIpc) is 2.83. The van der Waals surface area contributed by atoms with E-state index in [0.717, 1.165) is 15.7 Å². The summed E-state index contributed by atoms with van der Waals surface area (Å²) in [7, 11) is 0. The molecular formula is C13H11BrN4O. The van der Waals surface area contributed by atoms with Gasteiger partial charge in [0.2, 0.25) is 5.78 Å². The third-order valence-corrected chi connectivity index (χ3v) is 3.51. The molecule has 0 aliphatic heterocycles. The minimum atomic E-state index is -0.122. The summed E-state index contributed by atoms with van der Waals surface area (Å²) in [5.41, 5.74) is 2.48. The Bertz CT molecular complexity index is 806. The molecule has 96 valence electrons. The van der Waals surface area contributed by atoms with Crippen LogP contribution in [0.4, 0.5) is 0 Å². The van der Waals surface area contributed by atoms with E-state index < -0.39 is 0 Å². The lowest BCUT2D eigenvalue weighted by molar-refractivity contribution is 0.858. The summed E-state index contributed by atoms with van der Waals surface area (Å²) in [6, 6.07) is 7.91. The summed E-state index contributed by atoms with van der Waals surface area (Å²) >= 11 is 3.43. The van der Waals surface area contributed by atoms with Crippen LogP contribution in [0.25, 0.3) is 5.78 Å². The van der Waals surface area contributed by atoms with E-state index in [9.17, 15) is 4.79 Å². The van der Waals surface area contributed by atoms with Gasteiger partial charge in [-0.25, -0.2) is 0 Å². The van der Waals surface area contributed by atoms with Gasteiger partial charge in [0.15, 0.2) is 0 Å². The summed E-state index contributed by atoms with van der Waals surface area (Å²) in [6.07, 6.45) is 1.94. The number of fused-ring (bicyclic) bond motifs is 1. The molecule has 5 nitrogen and oxygen atoms in total. The Morgan fingerprint density at radius 1 is 1.42 bits per heavy atom. The number of aromatic nitrogens is 4. The van der Waals surface area contributed by atoms with Crippen LogP contribution in [0.5, 0.6) is 0 Å². The molecule has 19 heavy (non-hydrogen) atoms. The summed E-state index contributed by atoms with van der Waals surface area (Å²) < 4.78 is 2.29. The van der Waals surface area contributed by atoms with Gasteiger partial charge in [-0.2, -0.15) is 14.6 Å². The highest BCUT2D eigenvalue weighted by atomic mass is 79.9. The predicted molar refractivity (Wildman–Crippen MR) is 75.3 cm³/mol. The number of nitrogens with one attached hydrogen (secondary N) is 1. The van der Waals surface area contributed by atoms with E-state index in [4.69, 9.17) is 0 Å². The van der Waals surface area contributed by atoms with Crippen molar-refractivity contribution in [3.8, 4) is 0 Å². The first kappa shape index (κ1) is 12.1. The minimum absolute atomic E-state index is 0.122. The highest BCUT2D eigenvalue weighted by molar-refractivity contribution is 9.10. The average molecular weight is 319 g/mol. The van der Waals surface area contributed by atoms with Crippen LogP contribution in [0.2, 0.25) is 0 Å². The maximum Gasteiger partial charge on any atom is 0.279 e. The molecule has 0 aliphatic carbocycles. The van der Waals surface area contributed by atoms with Crippen LogP contribution in [0.1, 0.15) is 16.8 Å². The maximum absolute atomic E-state index is 12.3. The second kappa shape index (κ2) is 4.62. The summed E-state index contributed by atoms with van der Waals surface area (Å²) in [5.74, 6) is 0.473. The molecule has 0 radical (unpaired) electrons. The lowest BCUT2D eigenvalue weighted by Crippen LogP contribution is -2.22. The summed E-state index contributed by atoms with van der Waals surface area (Å²) in [4.78, 5) is 19.4. The number of nitrogens with zero attached hydrogens (tertiary/aromatic N) is 3. The van der Waals surface area contributed by atoms with Gasteiger partial charge in [0.25, 0.3) is 5.56 Å². The molecule has 3 rings (SSSR count). The van der Waals surface area contributed by atoms with Crippen LogP contribution in [0.3, 0.4) is 0 Å². The largest absolute Gasteiger partial charge is 0.328 e. The topological polar surface area (TPSA) is 63.1 Å². The van der Waals surface area contributed by atoms with Crippen molar-refractivity contribution in [1.82, 2.24) is 19.6 Å². The molecule has 0 unspecified atom stereocenters. The van der Waals surface area contributed by atoms with Crippen molar-refractivity contribution < 1.29 is 0 Å². The number of halogens is 1. The third kappa shape index (κ3) is 2.19. The number of rotatable bonds is 2. The van der Waals surface area contributed by atoms with Crippen LogP contribution in [0, 0.1) is 6.92 Å². The minimum Gasteiger partial charge on any atom is -0.328 e. The van der Waals surface area contributed by atoms with Crippen LogP contribution in [0.15, 0.2) is 39.9 Å². The number of H-pyrrole nitrogens is 1. The maximum atomic E-state index is 12.3. The van der Waals surface area contributed by atoms with E-state index in [1.165, 1.54) is 10.8 Å². The van der Waals surface area contributed by atoms with Crippen molar-refractivity contribution in [3.05, 3.63) is 62.2 Å². The van der Waals surface area contributed by atoms with Gasteiger partial charge in [-0.15, -0.1) is 0 Å². The van der Waals surface area contributed by atoms with Crippen molar-refractivity contribution in [2.24, 2.45) is 0 Å². The zero-order valence-electron chi connectivity index (χ0n) is 10.2. The molecule has 0 atom stereocenters. The summed E-state index contributed by atoms with van der Waals surface area (Å²) in [5, 5.41) is 3.93. The fourth-order valence-corrected chi connectivity index (χ4v) is 2.51. The molecule has 6 heteroatoms. The molecule has 0 aliphatic rings. The fraction of sp³-hybridized carbons (Fsp3) is 0.154. The van der Waals surface area contributed by atoms with Crippen molar-refractivity contribution in [2.45, 2.75) is 13.3 Å². The molecule has 3 aromatic rings. The molecule has 0 spiro atoms. The number of aryl methyl sites for hydroxylation is 1. The van der Waals surface area contributed by atoms with Crippen molar-refractivity contribution >= 4 is 21.7 Å². The van der Waals surface area contributed by atoms with Gasteiger partial charge >= 0.3 is 0 Å². The highest BCUT2D eigenvalue weighted by Gasteiger charge is 2.11. The van der Waals surface area contributed by atoms with E-state index in [2.05, 4.69) is 31.0 Å². The van der Waals surface area contributed by atoms with E-state index in [0.29, 0.717) is 17.8 Å². The highest BCUT2D eigenvalue weighted by Crippen LogP contribution is 2.15. The Morgan fingerprint density at radius 2 is 2.26 bits per heavy atom. The molecule has 0 saturated heterocycles. The zero-order chi connectivity index (χ0) is 13.4. The van der Waals surface area contributed by atoms with Gasteiger partial charge in [-0.1, -0.05) is 28.1 Å². The van der Waals surface area contributed by atoms with Gasteiger partial charge < -0.3 is 4.98 Å². The third-order valence-electron chi connectivity index (χ3n) is 3.02. The molecule has 0 amide bonds. The lowest BCUT2D eigenvalue weighted by Gasteiger charge is -2.06. The van der Waals surface area contributed by atoms with Crippen LogP contribution in [-0.2, 0) is 6.42 Å². The first-order chi connectivity index (χ1) is 9.15. The Morgan fingerprint density at radius 3 is 3.05 bits per heavy atom. The van der Waals surface area contributed by atoms with Crippen LogP contribution in [-0.4, -0.2) is 19.6 Å². The quantitative estimate of drug-likeness (QED) is 0.786. The molecule has 2 heterocycles. The van der Waals surface area contributed by atoms with Gasteiger partial charge in [-0.05, 0) is 24.6 Å². The molecule has 0 fully saturated rings. The number of benzene rings is 1. The smallest absolute Gasteiger partial charge is 0.279 e. The number of hydrogen-bond donors (Lipinski definition) is 1. The van der Waals surface area contributed by atoms with E-state index in [1.54, 1.807) is 0 Å². The molecule has 0 saturated carbocycles. The van der Waals surface area contributed by atoms with E-state index >= 15 is 0 Å². The molecule has 1 N–H and O–H groups in total. The normalized spacial score (nSPS) is 11.1. The lowest BCUT2D eigenvalue weighted by atomic mass is 10.1. The molecular weight excluding hydrogens is 308 g/mol. The van der Waals surface area contributed by atoms with Gasteiger partial charge in [0.1, 0.15) is 6.33 Å². The van der Waals surface area contributed by atoms with Crippen molar-refractivity contribution in [2.75, 3.05) is 0 Å².